The van der Waals surface area contributed by atoms with Crippen molar-refractivity contribution in [3.05, 3.63) is 101 Å². The molecule has 0 bridgehead atoms. The summed E-state index contributed by atoms with van der Waals surface area (Å²) in [6, 6.07) is 25.8. The molecule has 0 aliphatic carbocycles. The second kappa shape index (κ2) is 7.23. The van der Waals surface area contributed by atoms with Crippen LogP contribution in [0.2, 0.25) is 0 Å². The first kappa shape index (κ1) is 16.1. The van der Waals surface area contributed by atoms with Crippen LogP contribution in [0.15, 0.2) is 84.0 Å². The summed E-state index contributed by atoms with van der Waals surface area (Å²) in [6.07, 6.45) is 1.64. The van der Waals surface area contributed by atoms with Gasteiger partial charge in [-0.1, -0.05) is 60.7 Å². The lowest BCUT2D eigenvalue weighted by atomic mass is 10.1. The molecule has 1 aliphatic rings. The maximum Gasteiger partial charge on any atom is 0.271 e. The van der Waals surface area contributed by atoms with Crippen LogP contribution >= 0.6 is 0 Å². The number of rotatable bonds is 4. The Balaban J connectivity index is 1.44. The van der Waals surface area contributed by atoms with Crippen molar-refractivity contribution in [2.45, 2.75) is 13.1 Å². The van der Waals surface area contributed by atoms with E-state index in [1.54, 1.807) is 12.3 Å². The van der Waals surface area contributed by atoms with Crippen molar-refractivity contribution in [1.29, 1.82) is 0 Å². The lowest BCUT2D eigenvalue weighted by Gasteiger charge is -2.18. The Morgan fingerprint density at radius 2 is 1.58 bits per heavy atom. The van der Waals surface area contributed by atoms with E-state index in [0.29, 0.717) is 5.56 Å². The summed E-state index contributed by atoms with van der Waals surface area (Å²) in [5.41, 5.74) is 7.86. The van der Waals surface area contributed by atoms with Gasteiger partial charge in [-0.25, -0.2) is 5.43 Å². The van der Waals surface area contributed by atoms with Crippen molar-refractivity contribution < 1.29 is 4.79 Å². The van der Waals surface area contributed by atoms with Crippen LogP contribution in [0.5, 0.6) is 0 Å². The molecular formula is C22H19N3O. The summed E-state index contributed by atoms with van der Waals surface area (Å²) >= 11 is 0. The molecule has 0 radical (unpaired) electrons. The van der Waals surface area contributed by atoms with Crippen LogP contribution in [0.4, 0.5) is 5.69 Å². The highest BCUT2D eigenvalue weighted by Crippen LogP contribution is 2.28. The Hall–Kier alpha value is -3.40. The molecule has 26 heavy (non-hydrogen) atoms. The number of amides is 1. The van der Waals surface area contributed by atoms with Crippen molar-refractivity contribution in [3.63, 3.8) is 0 Å². The van der Waals surface area contributed by atoms with Gasteiger partial charge in [0.25, 0.3) is 5.91 Å². The van der Waals surface area contributed by atoms with E-state index >= 15 is 0 Å². The molecule has 1 heterocycles. The fourth-order valence-corrected chi connectivity index (χ4v) is 3.13. The third-order valence-electron chi connectivity index (χ3n) is 4.49. The quantitative estimate of drug-likeness (QED) is 0.576. The predicted molar refractivity (Wildman–Crippen MR) is 104 cm³/mol. The van der Waals surface area contributed by atoms with Gasteiger partial charge >= 0.3 is 0 Å². The number of carbonyl (C=O) groups is 1. The van der Waals surface area contributed by atoms with Gasteiger partial charge in [-0.3, -0.25) is 4.79 Å². The first-order valence-corrected chi connectivity index (χ1v) is 8.60. The van der Waals surface area contributed by atoms with Gasteiger partial charge in [0, 0.05) is 24.3 Å². The largest absolute Gasteiger partial charge is 0.363 e. The minimum Gasteiger partial charge on any atom is -0.363 e. The topological polar surface area (TPSA) is 44.7 Å². The van der Waals surface area contributed by atoms with Crippen molar-refractivity contribution in [1.82, 2.24) is 5.43 Å². The van der Waals surface area contributed by atoms with Crippen molar-refractivity contribution in [2.75, 3.05) is 4.90 Å². The van der Waals surface area contributed by atoms with Gasteiger partial charge in [0.1, 0.15) is 0 Å². The molecule has 3 aromatic rings. The summed E-state index contributed by atoms with van der Waals surface area (Å²) in [6.45, 7) is 1.74. The lowest BCUT2D eigenvalue weighted by molar-refractivity contribution is 0.0955. The first-order valence-electron chi connectivity index (χ1n) is 8.60. The summed E-state index contributed by atoms with van der Waals surface area (Å²) < 4.78 is 0. The SMILES string of the molecule is O=C(N/N=C\c1ccccc1)c1cccc(N2Cc3ccccc3C2)c1. The fourth-order valence-electron chi connectivity index (χ4n) is 3.13. The van der Waals surface area contributed by atoms with Crippen molar-refractivity contribution in [2.24, 2.45) is 5.10 Å². The fraction of sp³-hybridized carbons (Fsp3) is 0.0909. The highest BCUT2D eigenvalue weighted by atomic mass is 16.2. The average molecular weight is 341 g/mol. The zero-order valence-corrected chi connectivity index (χ0v) is 14.3. The summed E-state index contributed by atoms with van der Waals surface area (Å²) in [5, 5.41) is 4.04. The van der Waals surface area contributed by atoms with Crippen LogP contribution in [-0.2, 0) is 13.1 Å². The van der Waals surface area contributed by atoms with Gasteiger partial charge < -0.3 is 4.90 Å². The minimum atomic E-state index is -0.212. The molecule has 1 N–H and O–H groups in total. The Morgan fingerprint density at radius 3 is 2.31 bits per heavy atom. The normalized spacial score (nSPS) is 13.0. The maximum atomic E-state index is 12.4. The predicted octanol–water partition coefficient (Wildman–Crippen LogP) is 3.97. The summed E-state index contributed by atoms with van der Waals surface area (Å²) in [4.78, 5) is 14.6. The molecule has 1 aliphatic heterocycles. The highest BCUT2D eigenvalue weighted by molar-refractivity contribution is 5.95. The van der Waals surface area contributed by atoms with Crippen LogP contribution in [-0.4, -0.2) is 12.1 Å². The molecule has 128 valence electrons. The number of carbonyl (C=O) groups excluding carboxylic acids is 1. The third-order valence-corrected chi connectivity index (χ3v) is 4.49. The van der Waals surface area contributed by atoms with E-state index in [4.69, 9.17) is 0 Å². The smallest absolute Gasteiger partial charge is 0.271 e. The summed E-state index contributed by atoms with van der Waals surface area (Å²) in [7, 11) is 0. The van der Waals surface area contributed by atoms with E-state index < -0.39 is 0 Å². The second-order valence-electron chi connectivity index (χ2n) is 6.28. The van der Waals surface area contributed by atoms with E-state index in [-0.39, 0.29) is 5.91 Å². The third kappa shape index (κ3) is 3.49. The molecule has 0 fully saturated rings. The first-order chi connectivity index (χ1) is 12.8. The number of hydrogen-bond acceptors (Lipinski definition) is 3. The number of fused-ring (bicyclic) bond motifs is 1. The number of nitrogens with one attached hydrogen (secondary N) is 1. The standard InChI is InChI=1S/C22H19N3O/c26-22(24-23-14-17-7-2-1-3-8-17)18-11-6-12-21(13-18)25-15-19-9-4-5-10-20(19)16-25/h1-14H,15-16H2,(H,24,26)/b23-14-. The lowest BCUT2D eigenvalue weighted by Crippen LogP contribution is -2.19. The van der Waals surface area contributed by atoms with Gasteiger partial charge in [-0.05, 0) is 34.9 Å². The molecule has 0 saturated heterocycles. The van der Waals surface area contributed by atoms with Crippen LogP contribution < -0.4 is 10.3 Å². The number of benzene rings is 3. The number of hydrazone groups is 1. The average Bonchev–Trinajstić information content (AvgIpc) is 3.13. The van der Waals surface area contributed by atoms with Crippen LogP contribution in [0.25, 0.3) is 0 Å². The van der Waals surface area contributed by atoms with Gasteiger partial charge in [0.2, 0.25) is 0 Å². The molecule has 3 aromatic carbocycles. The Labute approximate surface area is 152 Å². The van der Waals surface area contributed by atoms with Crippen molar-refractivity contribution >= 4 is 17.8 Å². The van der Waals surface area contributed by atoms with Gasteiger partial charge in [0.05, 0.1) is 6.21 Å². The number of anilines is 1. The van der Waals surface area contributed by atoms with E-state index in [0.717, 1.165) is 24.3 Å². The molecule has 4 nitrogen and oxygen atoms in total. The molecule has 0 unspecified atom stereocenters. The van der Waals surface area contributed by atoms with Gasteiger partial charge in [-0.2, -0.15) is 5.10 Å². The number of hydrogen-bond donors (Lipinski definition) is 1. The molecule has 4 heteroatoms. The number of nitrogens with zero attached hydrogens (tertiary/aromatic N) is 2. The molecule has 0 atom stereocenters. The molecule has 0 spiro atoms. The van der Waals surface area contributed by atoms with Crippen LogP contribution in [0.3, 0.4) is 0 Å². The monoisotopic (exact) mass is 341 g/mol. The Morgan fingerprint density at radius 1 is 0.885 bits per heavy atom. The molecule has 0 saturated carbocycles. The van der Waals surface area contributed by atoms with Crippen molar-refractivity contribution in [3.8, 4) is 0 Å². The zero-order chi connectivity index (χ0) is 17.8. The molecule has 1 amide bonds. The van der Waals surface area contributed by atoms with Crippen LogP contribution in [0, 0.1) is 0 Å². The van der Waals surface area contributed by atoms with Crippen LogP contribution in [0.1, 0.15) is 27.0 Å². The maximum absolute atomic E-state index is 12.4. The molecule has 0 aromatic heterocycles. The van der Waals surface area contributed by atoms with E-state index in [1.807, 2.05) is 48.5 Å². The van der Waals surface area contributed by atoms with Gasteiger partial charge in [0.15, 0.2) is 0 Å². The van der Waals surface area contributed by atoms with E-state index in [2.05, 4.69) is 39.7 Å². The van der Waals surface area contributed by atoms with E-state index in [9.17, 15) is 4.79 Å². The van der Waals surface area contributed by atoms with Gasteiger partial charge in [-0.15, -0.1) is 0 Å². The molecule has 4 rings (SSSR count). The zero-order valence-electron chi connectivity index (χ0n) is 14.3. The molecular weight excluding hydrogens is 322 g/mol. The highest BCUT2D eigenvalue weighted by Gasteiger charge is 2.19. The minimum absolute atomic E-state index is 0.212. The van der Waals surface area contributed by atoms with E-state index in [1.165, 1.54) is 11.1 Å². The summed E-state index contributed by atoms with van der Waals surface area (Å²) in [5.74, 6) is -0.212. The Kier molecular flexibility index (Phi) is 4.48. The Bertz CT molecular complexity index is 925. The second-order valence-corrected chi connectivity index (χ2v) is 6.28.